The van der Waals surface area contributed by atoms with E-state index in [1.807, 2.05) is 13.8 Å². The van der Waals surface area contributed by atoms with E-state index in [1.54, 1.807) is 0 Å². The first-order chi connectivity index (χ1) is 20.2. The topological polar surface area (TPSA) is 222 Å². The van der Waals surface area contributed by atoms with Gasteiger partial charge in [-0.3, -0.25) is 37.9 Å². The third-order valence-corrected chi connectivity index (χ3v) is 7.31. The fraction of sp³-hybridized carbons (Fsp3) is 0.750. The van der Waals surface area contributed by atoms with Crippen LogP contribution in [0.5, 0.6) is 0 Å². The highest BCUT2D eigenvalue weighted by Gasteiger charge is 2.39. The molecule has 0 radical (unpaired) electrons. The van der Waals surface area contributed by atoms with Gasteiger partial charge in [0.15, 0.2) is 6.10 Å². The molecule has 1 aliphatic heterocycles. The van der Waals surface area contributed by atoms with Gasteiger partial charge in [0.2, 0.25) is 17.7 Å². The first kappa shape index (κ1) is 38.3. The number of phosphoric acid groups is 1. The van der Waals surface area contributed by atoms with Gasteiger partial charge in [-0.1, -0.05) is 13.8 Å². The second kappa shape index (κ2) is 20.2. The number of hydrogen-bond donors (Lipinski definition) is 3. The van der Waals surface area contributed by atoms with Crippen molar-refractivity contribution in [1.82, 2.24) is 15.5 Å². The van der Waals surface area contributed by atoms with Gasteiger partial charge < -0.3 is 34.5 Å². The molecule has 1 fully saturated rings. The van der Waals surface area contributed by atoms with Crippen LogP contribution in [0.1, 0.15) is 40.5 Å². The van der Waals surface area contributed by atoms with E-state index in [0.29, 0.717) is 0 Å². The maximum atomic E-state index is 12.3. The minimum absolute atomic E-state index is 0.0184. The first-order valence-corrected chi connectivity index (χ1v) is 15.8. The van der Waals surface area contributed by atoms with Crippen LogP contribution in [0.2, 0.25) is 0 Å². The Morgan fingerprint density at radius 3 is 2.33 bits per heavy atom. The first-order valence-electron chi connectivity index (χ1n) is 13.4. The van der Waals surface area contributed by atoms with Gasteiger partial charge in [0, 0.05) is 46.3 Å². The molecule has 246 valence electrons. The molecule has 0 aromatic carbocycles. The highest BCUT2D eigenvalue weighted by atomic mass is 32.2. The molecule has 3 atom stereocenters. The predicted molar refractivity (Wildman–Crippen MR) is 150 cm³/mol. The average molecular weight is 658 g/mol. The van der Waals surface area contributed by atoms with Gasteiger partial charge >= 0.3 is 25.9 Å². The monoisotopic (exact) mass is 657 g/mol. The zero-order valence-corrected chi connectivity index (χ0v) is 26.3. The maximum Gasteiger partial charge on any atom is 0.472 e. The van der Waals surface area contributed by atoms with E-state index >= 15 is 0 Å². The lowest BCUT2D eigenvalue weighted by molar-refractivity contribution is -0.158. The van der Waals surface area contributed by atoms with Crippen molar-refractivity contribution in [2.24, 2.45) is 0 Å². The Bertz CT molecular complexity index is 1010. The largest absolute Gasteiger partial charge is 0.472 e. The molecule has 1 aliphatic rings. The number of carbonyl (C=O) groups excluding carboxylic acids is 6. The van der Waals surface area contributed by atoms with E-state index in [-0.39, 0.29) is 81.9 Å². The summed E-state index contributed by atoms with van der Waals surface area (Å²) in [5.74, 6) is -2.25. The second-order valence-corrected chi connectivity index (χ2v) is 12.4. The number of rotatable bonds is 21. The number of phosphoric ester groups is 1. The van der Waals surface area contributed by atoms with Crippen LogP contribution < -0.4 is 10.6 Å². The Labute approximate surface area is 253 Å². The van der Waals surface area contributed by atoms with Crippen LogP contribution in [-0.4, -0.2) is 121 Å². The van der Waals surface area contributed by atoms with Gasteiger partial charge in [0.05, 0.1) is 31.7 Å². The minimum Gasteiger partial charge on any atom is -0.462 e. The third kappa shape index (κ3) is 17.8. The van der Waals surface area contributed by atoms with Crippen molar-refractivity contribution in [2.45, 2.75) is 57.1 Å². The van der Waals surface area contributed by atoms with Crippen LogP contribution in [0.15, 0.2) is 0 Å². The van der Waals surface area contributed by atoms with Crippen LogP contribution in [0.3, 0.4) is 0 Å². The molecule has 0 aliphatic carbocycles. The number of thioether (sulfide) groups is 1. The van der Waals surface area contributed by atoms with Gasteiger partial charge in [-0.05, 0) is 5.25 Å². The SMILES string of the molecule is CC(=O)OC[C@H](COP(=O)(O)OCCNC(=O)OCCOCCNC(=O)CCN1C(=O)CC(SC(C)C)C1=O)OC(C)=O. The third-order valence-electron chi connectivity index (χ3n) is 5.09. The molecule has 3 N–H and O–H groups in total. The standard InChI is InChI=1S/C24H40N3O14PS/c1-16(2)43-20-13-22(31)27(23(20)32)8-5-21(30)25-6-9-36-11-12-37-24(33)26-7-10-39-42(34,35)40-15-19(41-18(4)29)14-38-17(3)28/h16,19-20H,5-15H2,1-4H3,(H,25,30)(H,26,33)(H,34,35)/t19-,20?/m1/s1. The molecule has 0 aromatic rings. The van der Waals surface area contributed by atoms with E-state index in [0.717, 1.165) is 18.7 Å². The van der Waals surface area contributed by atoms with Gasteiger partial charge in [0.1, 0.15) is 13.2 Å². The average Bonchev–Trinajstić information content (AvgIpc) is 3.17. The minimum atomic E-state index is -4.57. The zero-order chi connectivity index (χ0) is 32.4. The van der Waals surface area contributed by atoms with Gasteiger partial charge in [0.25, 0.3) is 0 Å². The molecule has 1 saturated heterocycles. The van der Waals surface area contributed by atoms with Crippen molar-refractivity contribution in [3.63, 3.8) is 0 Å². The molecule has 0 saturated carbocycles. The van der Waals surface area contributed by atoms with E-state index in [9.17, 15) is 38.2 Å². The lowest BCUT2D eigenvalue weighted by Crippen LogP contribution is -2.36. The number of ether oxygens (including phenoxy) is 4. The summed E-state index contributed by atoms with van der Waals surface area (Å²) in [7, 11) is -4.57. The summed E-state index contributed by atoms with van der Waals surface area (Å²) in [5.41, 5.74) is 0. The zero-order valence-electron chi connectivity index (χ0n) is 24.6. The van der Waals surface area contributed by atoms with Crippen LogP contribution in [0, 0.1) is 0 Å². The highest BCUT2D eigenvalue weighted by molar-refractivity contribution is 8.01. The summed E-state index contributed by atoms with van der Waals surface area (Å²) < 4.78 is 41.0. The Morgan fingerprint density at radius 2 is 1.67 bits per heavy atom. The highest BCUT2D eigenvalue weighted by Crippen LogP contribution is 2.43. The van der Waals surface area contributed by atoms with E-state index in [1.165, 1.54) is 11.8 Å². The fourth-order valence-corrected chi connectivity index (χ4v) is 5.21. The molecule has 1 rings (SSSR count). The molecule has 0 spiro atoms. The molecule has 4 amide bonds. The molecule has 17 nitrogen and oxygen atoms in total. The number of imide groups is 1. The number of carbonyl (C=O) groups is 6. The van der Waals surface area contributed by atoms with Crippen molar-refractivity contribution in [3.05, 3.63) is 0 Å². The Morgan fingerprint density at radius 1 is 0.977 bits per heavy atom. The Balaban J connectivity index is 2.10. The molecule has 43 heavy (non-hydrogen) atoms. The van der Waals surface area contributed by atoms with Crippen molar-refractivity contribution < 1.29 is 66.2 Å². The van der Waals surface area contributed by atoms with Crippen LogP contribution in [0.25, 0.3) is 0 Å². The van der Waals surface area contributed by atoms with Crippen molar-refractivity contribution in [3.8, 4) is 0 Å². The van der Waals surface area contributed by atoms with Crippen molar-refractivity contribution >= 4 is 55.3 Å². The molecule has 0 aromatic heterocycles. The number of likely N-dealkylation sites (tertiary alicyclic amines) is 1. The molecular weight excluding hydrogens is 617 g/mol. The lowest BCUT2D eigenvalue weighted by atomic mass is 10.3. The smallest absolute Gasteiger partial charge is 0.462 e. The van der Waals surface area contributed by atoms with E-state index in [4.69, 9.17) is 23.3 Å². The summed E-state index contributed by atoms with van der Waals surface area (Å²) in [6.07, 6.45) is -1.85. The van der Waals surface area contributed by atoms with Crippen LogP contribution >= 0.6 is 19.6 Å². The summed E-state index contributed by atoms with van der Waals surface area (Å²) in [5, 5.41) is 4.71. The summed E-state index contributed by atoms with van der Waals surface area (Å²) in [6.45, 7) is 4.77. The Hall–Kier alpha value is -2.76. The molecule has 19 heteroatoms. The quantitative estimate of drug-likeness (QED) is 0.0491. The molecule has 2 unspecified atom stereocenters. The van der Waals surface area contributed by atoms with Crippen LogP contribution in [-0.2, 0) is 56.5 Å². The number of nitrogens with zero attached hydrogens (tertiary/aromatic N) is 1. The van der Waals surface area contributed by atoms with Crippen molar-refractivity contribution in [2.75, 3.05) is 59.3 Å². The van der Waals surface area contributed by atoms with Gasteiger partial charge in [-0.15, -0.1) is 11.8 Å². The van der Waals surface area contributed by atoms with E-state index < -0.39 is 50.4 Å². The summed E-state index contributed by atoms with van der Waals surface area (Å²) in [6, 6.07) is 0. The van der Waals surface area contributed by atoms with Crippen molar-refractivity contribution in [1.29, 1.82) is 0 Å². The Kier molecular flexibility index (Phi) is 18.0. The summed E-state index contributed by atoms with van der Waals surface area (Å²) >= 11 is 1.43. The number of alkyl carbamates (subject to hydrolysis) is 1. The number of hydrogen-bond acceptors (Lipinski definition) is 14. The molecular formula is C24H40N3O14PS. The fourth-order valence-electron chi connectivity index (χ4n) is 3.32. The van der Waals surface area contributed by atoms with E-state index in [2.05, 4.69) is 15.4 Å². The predicted octanol–water partition coefficient (Wildman–Crippen LogP) is 0.133. The number of nitrogens with one attached hydrogen (secondary N) is 2. The molecule has 1 heterocycles. The maximum absolute atomic E-state index is 12.3. The second-order valence-electron chi connectivity index (χ2n) is 9.17. The summed E-state index contributed by atoms with van der Waals surface area (Å²) in [4.78, 5) is 80.9. The molecule has 0 bridgehead atoms. The lowest BCUT2D eigenvalue weighted by Gasteiger charge is -2.18. The van der Waals surface area contributed by atoms with Gasteiger partial charge in [-0.25, -0.2) is 9.36 Å². The normalized spacial score (nSPS) is 16.9. The number of esters is 2. The van der Waals surface area contributed by atoms with Crippen LogP contribution in [0.4, 0.5) is 4.79 Å². The number of amides is 4. The van der Waals surface area contributed by atoms with Gasteiger partial charge in [-0.2, -0.15) is 0 Å².